The molecule has 12 nitrogen and oxygen atoms in total. The van der Waals surface area contributed by atoms with Crippen LogP contribution in [0.5, 0.6) is 0 Å². The zero-order valence-electron chi connectivity index (χ0n) is 24.1. The van der Waals surface area contributed by atoms with E-state index in [4.69, 9.17) is 24.7 Å². The van der Waals surface area contributed by atoms with Crippen LogP contribution in [0.1, 0.15) is 66.2 Å². The first-order valence-electron chi connectivity index (χ1n) is 13.7. The summed E-state index contributed by atoms with van der Waals surface area (Å²) in [4.78, 5) is 59.6. The average Bonchev–Trinajstić information content (AvgIpc) is 2.87. The number of carbonyl (C=O) groups is 5. The molecule has 0 aliphatic rings. The number of ketones is 3. The van der Waals surface area contributed by atoms with Gasteiger partial charge in [0.1, 0.15) is 24.8 Å². The summed E-state index contributed by atoms with van der Waals surface area (Å²) < 4.78 is 20.9. The highest BCUT2D eigenvalue weighted by Crippen LogP contribution is 2.20. The second-order valence-corrected chi connectivity index (χ2v) is 9.82. The zero-order valence-corrected chi connectivity index (χ0v) is 24.1. The van der Waals surface area contributed by atoms with Crippen molar-refractivity contribution < 1.29 is 42.9 Å². The minimum Gasteiger partial charge on any atom is -0.379 e. The fourth-order valence-electron chi connectivity index (χ4n) is 3.29. The molecule has 0 rings (SSSR count). The fraction of sp³-hybridized carbons (Fsp3) is 0.815. The molecule has 0 saturated carbocycles. The van der Waals surface area contributed by atoms with Crippen molar-refractivity contribution in [2.45, 2.75) is 71.8 Å². The highest BCUT2D eigenvalue weighted by Gasteiger charge is 2.28. The second kappa shape index (κ2) is 22.6. The SMILES string of the molecule is CCOCCOCC(=O)NCCOCCOCC(=O)NCCCC[C@H](CC(=O)C(C)(C)N)C(=O)CCC(C)=O. The first-order chi connectivity index (χ1) is 18.5. The predicted octanol–water partition coefficient (Wildman–Crippen LogP) is 0.726. The van der Waals surface area contributed by atoms with Crippen LogP contribution in [0.2, 0.25) is 0 Å². The third-order valence-electron chi connectivity index (χ3n) is 5.61. The van der Waals surface area contributed by atoms with Gasteiger partial charge in [0.05, 0.1) is 38.6 Å². The monoisotopic (exact) mass is 559 g/mol. The van der Waals surface area contributed by atoms with Crippen molar-refractivity contribution in [3.63, 3.8) is 0 Å². The third-order valence-corrected chi connectivity index (χ3v) is 5.61. The van der Waals surface area contributed by atoms with Gasteiger partial charge < -0.3 is 40.1 Å². The number of unbranched alkanes of at least 4 members (excludes halogenated alkanes) is 1. The minimum atomic E-state index is -1.02. The summed E-state index contributed by atoms with van der Waals surface area (Å²) in [5, 5.41) is 5.42. The fourth-order valence-corrected chi connectivity index (χ4v) is 3.29. The molecule has 0 aromatic carbocycles. The number of hydrogen-bond acceptors (Lipinski definition) is 10. The summed E-state index contributed by atoms with van der Waals surface area (Å²) in [5.41, 5.74) is 4.85. The van der Waals surface area contributed by atoms with Crippen molar-refractivity contribution in [1.82, 2.24) is 10.6 Å². The Kier molecular flexibility index (Phi) is 21.3. The molecule has 0 aromatic heterocycles. The molecule has 0 bridgehead atoms. The van der Waals surface area contributed by atoms with Gasteiger partial charge in [0, 0.05) is 44.9 Å². The number of carbonyl (C=O) groups excluding carboxylic acids is 5. The standard InChI is InChI=1S/C27H49N3O9/c1-5-36-14-16-38-20-26(35)30-12-13-37-15-17-39-19-25(34)29-11-7-6-8-22(18-24(33)27(3,4)28)23(32)10-9-21(2)31/h22H,5-20,28H2,1-4H3,(H,29,34)(H,30,35)/t22-/m1/s1. The third kappa shape index (κ3) is 22.3. The predicted molar refractivity (Wildman–Crippen MR) is 145 cm³/mol. The summed E-state index contributed by atoms with van der Waals surface area (Å²) in [6.07, 6.45) is 2.10. The Morgan fingerprint density at radius 2 is 1.33 bits per heavy atom. The first-order valence-corrected chi connectivity index (χ1v) is 13.7. The van der Waals surface area contributed by atoms with Crippen molar-refractivity contribution in [2.24, 2.45) is 11.7 Å². The molecule has 0 unspecified atom stereocenters. The molecule has 0 saturated heterocycles. The summed E-state index contributed by atoms with van der Waals surface area (Å²) >= 11 is 0. The lowest BCUT2D eigenvalue weighted by Gasteiger charge is -2.21. The van der Waals surface area contributed by atoms with Crippen molar-refractivity contribution >= 4 is 29.2 Å². The van der Waals surface area contributed by atoms with E-state index in [1.807, 2.05) is 6.92 Å². The molecule has 0 aliphatic carbocycles. The Hall–Kier alpha value is -2.25. The lowest BCUT2D eigenvalue weighted by atomic mass is 9.85. The van der Waals surface area contributed by atoms with Gasteiger partial charge in [0.25, 0.3) is 0 Å². The van der Waals surface area contributed by atoms with Crippen LogP contribution in [0.4, 0.5) is 0 Å². The number of nitrogens with two attached hydrogens (primary N) is 1. The lowest BCUT2D eigenvalue weighted by Crippen LogP contribution is -2.43. The molecule has 0 aromatic rings. The first kappa shape index (κ1) is 36.8. The molecular formula is C27H49N3O9. The van der Waals surface area contributed by atoms with Crippen LogP contribution < -0.4 is 16.4 Å². The van der Waals surface area contributed by atoms with Gasteiger partial charge in [-0.15, -0.1) is 0 Å². The van der Waals surface area contributed by atoms with E-state index < -0.39 is 11.5 Å². The topological polar surface area (TPSA) is 172 Å². The number of hydrogen-bond donors (Lipinski definition) is 3. The molecule has 39 heavy (non-hydrogen) atoms. The Morgan fingerprint density at radius 3 is 1.90 bits per heavy atom. The van der Waals surface area contributed by atoms with E-state index >= 15 is 0 Å². The Morgan fingerprint density at radius 1 is 0.769 bits per heavy atom. The molecule has 0 heterocycles. The number of nitrogens with one attached hydrogen (secondary N) is 2. The Bertz CT molecular complexity index is 739. The van der Waals surface area contributed by atoms with E-state index in [0.717, 1.165) is 0 Å². The highest BCUT2D eigenvalue weighted by atomic mass is 16.5. The van der Waals surface area contributed by atoms with Gasteiger partial charge in [-0.05, 0) is 40.5 Å². The molecule has 0 spiro atoms. The smallest absolute Gasteiger partial charge is 0.246 e. The lowest BCUT2D eigenvalue weighted by molar-refractivity contribution is -0.131. The van der Waals surface area contributed by atoms with E-state index in [1.165, 1.54) is 6.92 Å². The molecule has 4 N–H and O–H groups in total. The van der Waals surface area contributed by atoms with Crippen molar-refractivity contribution in [3.8, 4) is 0 Å². The normalized spacial score (nSPS) is 12.1. The van der Waals surface area contributed by atoms with Gasteiger partial charge >= 0.3 is 0 Å². The summed E-state index contributed by atoms with van der Waals surface area (Å²) in [5.74, 6) is -1.34. The van der Waals surface area contributed by atoms with Crippen LogP contribution in [-0.4, -0.2) is 101 Å². The molecule has 12 heteroatoms. The van der Waals surface area contributed by atoms with Crippen LogP contribution in [0, 0.1) is 5.92 Å². The molecule has 0 radical (unpaired) electrons. The Labute approximate surface area is 232 Å². The van der Waals surface area contributed by atoms with Gasteiger partial charge in [-0.1, -0.05) is 6.42 Å². The van der Waals surface area contributed by atoms with E-state index in [2.05, 4.69) is 10.6 Å². The summed E-state index contributed by atoms with van der Waals surface area (Å²) in [6, 6.07) is 0. The van der Waals surface area contributed by atoms with Crippen LogP contribution in [-0.2, 0) is 42.9 Å². The van der Waals surface area contributed by atoms with Gasteiger partial charge in [-0.2, -0.15) is 0 Å². The van der Waals surface area contributed by atoms with E-state index in [-0.39, 0.29) is 74.9 Å². The van der Waals surface area contributed by atoms with Crippen molar-refractivity contribution in [2.75, 3.05) is 65.9 Å². The largest absolute Gasteiger partial charge is 0.379 e. The van der Waals surface area contributed by atoms with Gasteiger partial charge in [-0.3, -0.25) is 19.2 Å². The summed E-state index contributed by atoms with van der Waals surface area (Å²) in [7, 11) is 0. The van der Waals surface area contributed by atoms with Gasteiger partial charge in [0.15, 0.2) is 5.78 Å². The van der Waals surface area contributed by atoms with Crippen molar-refractivity contribution in [3.05, 3.63) is 0 Å². The maximum absolute atomic E-state index is 12.5. The highest BCUT2D eigenvalue weighted by molar-refractivity contribution is 5.93. The average molecular weight is 560 g/mol. The maximum Gasteiger partial charge on any atom is 0.246 e. The number of ether oxygens (including phenoxy) is 4. The van der Waals surface area contributed by atoms with Crippen LogP contribution >= 0.6 is 0 Å². The molecule has 0 aliphatic heterocycles. The molecule has 0 fully saturated rings. The van der Waals surface area contributed by atoms with Crippen LogP contribution in [0.25, 0.3) is 0 Å². The summed E-state index contributed by atoms with van der Waals surface area (Å²) in [6.45, 7) is 9.42. The van der Waals surface area contributed by atoms with E-state index in [0.29, 0.717) is 58.8 Å². The quantitative estimate of drug-likeness (QED) is 0.128. The minimum absolute atomic E-state index is 0.0303. The maximum atomic E-state index is 12.5. The zero-order chi connectivity index (χ0) is 29.5. The van der Waals surface area contributed by atoms with Gasteiger partial charge in [0.2, 0.25) is 11.8 Å². The van der Waals surface area contributed by atoms with Crippen LogP contribution in [0.15, 0.2) is 0 Å². The number of Topliss-reactive ketones (excluding diaryl/α,β-unsaturated/α-hetero) is 3. The molecule has 226 valence electrons. The van der Waals surface area contributed by atoms with Gasteiger partial charge in [-0.25, -0.2) is 0 Å². The van der Waals surface area contributed by atoms with E-state index in [9.17, 15) is 24.0 Å². The number of rotatable bonds is 26. The molecular weight excluding hydrogens is 510 g/mol. The van der Waals surface area contributed by atoms with E-state index in [1.54, 1.807) is 13.8 Å². The molecule has 2 amide bonds. The number of amides is 2. The van der Waals surface area contributed by atoms with Crippen molar-refractivity contribution in [1.29, 1.82) is 0 Å². The Balaban J connectivity index is 3.92. The second-order valence-electron chi connectivity index (χ2n) is 9.82. The molecule has 1 atom stereocenters. The van der Waals surface area contributed by atoms with Crippen LogP contribution in [0.3, 0.4) is 0 Å².